The third-order valence-electron chi connectivity index (χ3n) is 5.26. The Morgan fingerprint density at radius 3 is 2.75 bits per heavy atom. The van der Waals surface area contributed by atoms with Crippen molar-refractivity contribution in [1.82, 2.24) is 14.6 Å². The third-order valence-corrected chi connectivity index (χ3v) is 6.20. The summed E-state index contributed by atoms with van der Waals surface area (Å²) in [4.78, 5) is 44.2. The molecule has 1 saturated heterocycles. The second-order valence-electron chi connectivity index (χ2n) is 7.55. The zero-order valence-electron chi connectivity index (χ0n) is 18.0. The van der Waals surface area contributed by atoms with Crippen LogP contribution in [-0.4, -0.2) is 45.7 Å². The van der Waals surface area contributed by atoms with Gasteiger partial charge in [0.25, 0.3) is 5.56 Å². The number of benzene rings is 1. The molecule has 10 heteroatoms. The molecule has 4 rings (SSSR count). The molecule has 2 aromatic heterocycles. The molecule has 0 spiro atoms. The van der Waals surface area contributed by atoms with Crippen LogP contribution in [0.3, 0.4) is 0 Å². The van der Waals surface area contributed by atoms with Crippen LogP contribution >= 0.6 is 11.3 Å². The van der Waals surface area contributed by atoms with Gasteiger partial charge in [0.1, 0.15) is 6.04 Å². The molecule has 0 radical (unpaired) electrons. The predicted molar refractivity (Wildman–Crippen MR) is 123 cm³/mol. The van der Waals surface area contributed by atoms with E-state index in [-0.39, 0.29) is 11.5 Å². The number of nitrogens with one attached hydrogen (secondary N) is 1. The Morgan fingerprint density at radius 2 is 2.03 bits per heavy atom. The highest BCUT2D eigenvalue weighted by Crippen LogP contribution is 2.30. The number of ether oxygens (including phenoxy) is 1. The highest BCUT2D eigenvalue weighted by Gasteiger charge is 2.33. The van der Waals surface area contributed by atoms with E-state index in [0.29, 0.717) is 40.9 Å². The number of rotatable bonds is 7. The minimum absolute atomic E-state index is 0.155. The lowest BCUT2D eigenvalue weighted by atomic mass is 10.2. The highest BCUT2D eigenvalue weighted by molar-refractivity contribution is 7.20. The fourth-order valence-corrected chi connectivity index (χ4v) is 4.75. The molecule has 1 aliphatic heterocycles. The van der Waals surface area contributed by atoms with Crippen LogP contribution in [0.4, 0.5) is 10.8 Å². The van der Waals surface area contributed by atoms with E-state index < -0.39 is 12.0 Å². The molecule has 0 saturated carbocycles. The number of aromatic nitrogens is 3. The molecule has 168 valence electrons. The van der Waals surface area contributed by atoms with Gasteiger partial charge in [-0.05, 0) is 50.5 Å². The van der Waals surface area contributed by atoms with E-state index in [2.05, 4.69) is 15.4 Å². The van der Waals surface area contributed by atoms with Crippen molar-refractivity contribution in [3.63, 3.8) is 0 Å². The van der Waals surface area contributed by atoms with E-state index in [1.54, 1.807) is 31.2 Å². The van der Waals surface area contributed by atoms with Gasteiger partial charge in [0, 0.05) is 24.0 Å². The first-order chi connectivity index (χ1) is 15.5. The molecule has 32 heavy (non-hydrogen) atoms. The fourth-order valence-electron chi connectivity index (χ4n) is 3.74. The van der Waals surface area contributed by atoms with Crippen LogP contribution in [0.1, 0.15) is 49.2 Å². The molecule has 9 nitrogen and oxygen atoms in total. The summed E-state index contributed by atoms with van der Waals surface area (Å²) in [7, 11) is 0. The molecule has 1 aliphatic rings. The summed E-state index contributed by atoms with van der Waals surface area (Å²) in [5.41, 5.74) is 1.58. The maximum absolute atomic E-state index is 13.0. The second-order valence-corrected chi connectivity index (χ2v) is 8.49. The molecular weight excluding hydrogens is 430 g/mol. The Bertz CT molecular complexity index is 1190. The van der Waals surface area contributed by atoms with Crippen LogP contribution in [0.15, 0.2) is 35.1 Å². The lowest BCUT2D eigenvalue weighted by Gasteiger charge is -2.22. The number of anilines is 2. The van der Waals surface area contributed by atoms with Crippen molar-refractivity contribution >= 4 is 39.0 Å². The Morgan fingerprint density at radius 1 is 1.25 bits per heavy atom. The van der Waals surface area contributed by atoms with Gasteiger partial charge in [0.2, 0.25) is 16.0 Å². The monoisotopic (exact) mass is 455 g/mol. The summed E-state index contributed by atoms with van der Waals surface area (Å²) in [6.45, 7) is 4.78. The van der Waals surface area contributed by atoms with Crippen molar-refractivity contribution in [3.05, 3.63) is 51.9 Å². The number of aryl methyl sites for hydroxylation is 1. The van der Waals surface area contributed by atoms with Crippen LogP contribution in [-0.2, 0) is 16.0 Å². The number of hydrogen-bond donors (Lipinski definition) is 1. The minimum Gasteiger partial charge on any atom is -0.462 e. The minimum atomic E-state index is -0.397. The smallest absolute Gasteiger partial charge is 0.338 e. The molecule has 0 bridgehead atoms. The van der Waals surface area contributed by atoms with Crippen molar-refractivity contribution in [2.45, 2.75) is 45.6 Å². The third kappa shape index (κ3) is 4.50. The average molecular weight is 456 g/mol. The summed E-state index contributed by atoms with van der Waals surface area (Å²) in [6.07, 6.45) is 3.18. The molecular formula is C22H25N5O4S. The largest absolute Gasteiger partial charge is 0.462 e. The van der Waals surface area contributed by atoms with Crippen molar-refractivity contribution in [1.29, 1.82) is 0 Å². The SMILES string of the molecule is CCCc1cc(=O)n2nc(N3CCC[C@H]3C(=O)Nc3ccc(C(=O)OCC)cc3)sc2n1. The first-order valence-corrected chi connectivity index (χ1v) is 11.6. The quantitative estimate of drug-likeness (QED) is 0.546. The Labute approximate surface area is 189 Å². The van der Waals surface area contributed by atoms with Gasteiger partial charge in [-0.3, -0.25) is 9.59 Å². The maximum Gasteiger partial charge on any atom is 0.338 e. The lowest BCUT2D eigenvalue weighted by molar-refractivity contribution is -0.117. The fraction of sp³-hybridized carbons (Fsp3) is 0.409. The van der Waals surface area contributed by atoms with Crippen molar-refractivity contribution in [2.24, 2.45) is 0 Å². The number of esters is 1. The standard InChI is InChI=1S/C22H25N5O4S/c1-3-6-16-13-18(28)27-21(24-16)32-22(25-27)26-12-5-7-17(26)19(29)23-15-10-8-14(9-11-15)20(30)31-4-2/h8-11,13,17H,3-7,12H2,1-2H3,(H,23,29)/t17-/m0/s1. The van der Waals surface area contributed by atoms with Crippen molar-refractivity contribution in [3.8, 4) is 0 Å². The Hall–Kier alpha value is -3.27. The van der Waals surface area contributed by atoms with Crippen LogP contribution in [0.25, 0.3) is 4.96 Å². The van der Waals surface area contributed by atoms with Crippen LogP contribution < -0.4 is 15.8 Å². The van der Waals surface area contributed by atoms with Gasteiger partial charge in [0.15, 0.2) is 0 Å². The van der Waals surface area contributed by atoms with Gasteiger partial charge in [-0.2, -0.15) is 4.52 Å². The van der Waals surface area contributed by atoms with Crippen LogP contribution in [0.2, 0.25) is 0 Å². The van der Waals surface area contributed by atoms with Crippen LogP contribution in [0.5, 0.6) is 0 Å². The van der Waals surface area contributed by atoms with Gasteiger partial charge < -0.3 is 15.0 Å². The second kappa shape index (κ2) is 9.47. The number of amides is 1. The zero-order valence-corrected chi connectivity index (χ0v) is 18.9. The molecule has 1 fully saturated rings. The summed E-state index contributed by atoms with van der Waals surface area (Å²) >= 11 is 1.32. The van der Waals surface area contributed by atoms with Gasteiger partial charge in [-0.1, -0.05) is 24.7 Å². The van der Waals surface area contributed by atoms with Gasteiger partial charge >= 0.3 is 5.97 Å². The van der Waals surface area contributed by atoms with E-state index >= 15 is 0 Å². The van der Waals surface area contributed by atoms with Gasteiger partial charge in [-0.15, -0.1) is 5.10 Å². The molecule has 3 aromatic rings. The van der Waals surface area contributed by atoms with E-state index in [4.69, 9.17) is 4.74 Å². The topological polar surface area (TPSA) is 106 Å². The highest BCUT2D eigenvalue weighted by atomic mass is 32.1. The number of nitrogens with zero attached hydrogens (tertiary/aromatic N) is 4. The molecule has 1 N–H and O–H groups in total. The first-order valence-electron chi connectivity index (χ1n) is 10.7. The van der Waals surface area contributed by atoms with Crippen LogP contribution in [0, 0.1) is 0 Å². The zero-order chi connectivity index (χ0) is 22.7. The normalized spacial score (nSPS) is 15.8. The summed E-state index contributed by atoms with van der Waals surface area (Å²) in [5, 5.41) is 7.96. The number of carbonyl (C=O) groups excluding carboxylic acids is 2. The average Bonchev–Trinajstić information content (AvgIpc) is 3.42. The summed E-state index contributed by atoms with van der Waals surface area (Å²) in [6, 6.07) is 7.73. The van der Waals surface area contributed by atoms with Gasteiger partial charge in [0.05, 0.1) is 12.2 Å². The number of fused-ring (bicyclic) bond motifs is 1. The van der Waals surface area contributed by atoms with E-state index in [1.807, 2.05) is 11.8 Å². The number of carbonyl (C=O) groups is 2. The molecule has 1 aromatic carbocycles. The Balaban J connectivity index is 1.51. The van der Waals surface area contributed by atoms with Crippen molar-refractivity contribution < 1.29 is 14.3 Å². The first kappa shape index (κ1) is 21.9. The Kier molecular flexibility index (Phi) is 6.50. The predicted octanol–water partition coefficient (Wildman–Crippen LogP) is 2.89. The van der Waals surface area contributed by atoms with E-state index in [9.17, 15) is 14.4 Å². The summed E-state index contributed by atoms with van der Waals surface area (Å²) in [5.74, 6) is -0.549. The molecule has 0 unspecified atom stereocenters. The molecule has 1 amide bonds. The van der Waals surface area contributed by atoms with E-state index in [1.165, 1.54) is 21.9 Å². The van der Waals surface area contributed by atoms with E-state index in [0.717, 1.165) is 25.0 Å². The molecule has 0 aliphatic carbocycles. The molecule has 1 atom stereocenters. The maximum atomic E-state index is 13.0. The molecule has 3 heterocycles. The lowest BCUT2D eigenvalue weighted by Crippen LogP contribution is -2.39. The van der Waals surface area contributed by atoms with Gasteiger partial charge in [-0.25, -0.2) is 9.78 Å². The number of hydrogen-bond acceptors (Lipinski definition) is 8. The van der Waals surface area contributed by atoms with Crippen molar-refractivity contribution in [2.75, 3.05) is 23.4 Å². The summed E-state index contributed by atoms with van der Waals surface area (Å²) < 4.78 is 6.29.